The van der Waals surface area contributed by atoms with Crippen LogP contribution in [0.4, 0.5) is 13.2 Å². The molecule has 0 unspecified atom stereocenters. The number of aliphatic imine (C=N–C) groups is 1. The van der Waals surface area contributed by atoms with Crippen LogP contribution >= 0.6 is 0 Å². The van der Waals surface area contributed by atoms with Gasteiger partial charge in [0.1, 0.15) is 11.4 Å². The van der Waals surface area contributed by atoms with Gasteiger partial charge in [-0.2, -0.15) is 13.2 Å². The van der Waals surface area contributed by atoms with Gasteiger partial charge in [0.05, 0.1) is 0 Å². The first-order chi connectivity index (χ1) is 13.5. The number of carboxylic acids is 1. The number of fused-ring (bicyclic) bond motifs is 2. The summed E-state index contributed by atoms with van der Waals surface area (Å²) in [5, 5.41) is 7.12. The number of hydrogen-bond acceptors (Lipinski definition) is 4. The number of amides is 1. The first kappa shape index (κ1) is 21.3. The standard InChI is InChI=1S/C18H23N3O.C2HF3O2/c1-13-19-18(17(22)20(13)2)9-8-15-11-21(12-16(15)18)10-14-6-4-3-5-7-14;3-2(4,5)1(6)7/h3-7,15-16H,8-12H2,1-2H3;(H,6,7)/t15-,16+,18-;/m1./s1. The average Bonchev–Trinajstić information content (AvgIpc) is 3.27. The van der Waals surface area contributed by atoms with Crippen LogP contribution < -0.4 is 0 Å². The zero-order valence-electron chi connectivity index (χ0n) is 16.3. The number of likely N-dealkylation sites (N-methyl/N-ethyl adjacent to an activating group) is 1. The number of likely N-dealkylation sites (tertiary alicyclic amines) is 1. The molecule has 2 fully saturated rings. The minimum Gasteiger partial charge on any atom is -0.475 e. The van der Waals surface area contributed by atoms with Crippen molar-refractivity contribution in [3.63, 3.8) is 0 Å². The average molecular weight is 411 g/mol. The number of alkyl halides is 3. The molecule has 3 atom stereocenters. The highest BCUT2D eigenvalue weighted by molar-refractivity contribution is 6.07. The number of carbonyl (C=O) groups excluding carboxylic acids is 1. The normalized spacial score (nSPS) is 28.9. The van der Waals surface area contributed by atoms with Crippen LogP contribution in [0, 0.1) is 11.8 Å². The lowest BCUT2D eigenvalue weighted by molar-refractivity contribution is -0.192. The summed E-state index contributed by atoms with van der Waals surface area (Å²) in [4.78, 5) is 30.7. The van der Waals surface area contributed by atoms with E-state index in [4.69, 9.17) is 14.9 Å². The van der Waals surface area contributed by atoms with Crippen molar-refractivity contribution < 1.29 is 27.9 Å². The Hall–Kier alpha value is -2.42. The van der Waals surface area contributed by atoms with E-state index < -0.39 is 17.7 Å². The fourth-order valence-corrected chi connectivity index (χ4v) is 4.61. The Kier molecular flexibility index (Phi) is 5.71. The van der Waals surface area contributed by atoms with Gasteiger partial charge in [0, 0.05) is 32.6 Å². The number of carbonyl (C=O) groups is 2. The second-order valence-electron chi connectivity index (χ2n) is 7.84. The lowest BCUT2D eigenvalue weighted by Crippen LogP contribution is -2.45. The molecular formula is C20H24F3N3O3. The number of benzene rings is 1. The Morgan fingerprint density at radius 2 is 1.90 bits per heavy atom. The van der Waals surface area contributed by atoms with Gasteiger partial charge >= 0.3 is 12.1 Å². The predicted octanol–water partition coefficient (Wildman–Crippen LogP) is 2.79. The van der Waals surface area contributed by atoms with Gasteiger partial charge in [-0.3, -0.25) is 14.7 Å². The Labute approximate surface area is 167 Å². The molecule has 0 aromatic heterocycles. The zero-order valence-corrected chi connectivity index (χ0v) is 16.3. The highest BCUT2D eigenvalue weighted by atomic mass is 19.4. The molecule has 0 bridgehead atoms. The summed E-state index contributed by atoms with van der Waals surface area (Å²) in [6.45, 7) is 5.04. The van der Waals surface area contributed by atoms with Crippen LogP contribution in [-0.4, -0.2) is 64.5 Å². The van der Waals surface area contributed by atoms with Gasteiger partial charge < -0.3 is 10.0 Å². The minimum absolute atomic E-state index is 0.221. The molecule has 2 heterocycles. The maximum absolute atomic E-state index is 12.7. The molecule has 4 rings (SSSR count). The molecular weight excluding hydrogens is 387 g/mol. The number of nitrogens with zero attached hydrogens (tertiary/aromatic N) is 3. The van der Waals surface area contributed by atoms with Gasteiger partial charge in [0.25, 0.3) is 5.91 Å². The van der Waals surface area contributed by atoms with Gasteiger partial charge in [-0.15, -0.1) is 0 Å². The Morgan fingerprint density at radius 1 is 1.28 bits per heavy atom. The molecule has 1 N–H and O–H groups in total. The van der Waals surface area contributed by atoms with E-state index in [-0.39, 0.29) is 5.91 Å². The third-order valence-electron chi connectivity index (χ3n) is 6.04. The topological polar surface area (TPSA) is 73.2 Å². The number of aliphatic carboxylic acids is 1. The number of hydrogen-bond donors (Lipinski definition) is 1. The summed E-state index contributed by atoms with van der Waals surface area (Å²) in [6, 6.07) is 10.6. The summed E-state index contributed by atoms with van der Waals surface area (Å²) in [7, 11) is 1.86. The van der Waals surface area contributed by atoms with Gasteiger partial charge in [-0.25, -0.2) is 4.79 Å². The summed E-state index contributed by atoms with van der Waals surface area (Å²) < 4.78 is 31.7. The van der Waals surface area contributed by atoms with Crippen molar-refractivity contribution in [2.75, 3.05) is 20.1 Å². The maximum Gasteiger partial charge on any atom is 0.490 e. The van der Waals surface area contributed by atoms with E-state index in [1.165, 1.54) is 5.56 Å². The molecule has 6 nitrogen and oxygen atoms in total. The zero-order chi connectivity index (χ0) is 21.4. The van der Waals surface area contributed by atoms with Crippen molar-refractivity contribution in [2.24, 2.45) is 16.8 Å². The molecule has 3 aliphatic rings. The minimum atomic E-state index is -5.08. The fraction of sp³-hybridized carbons (Fsp3) is 0.550. The highest BCUT2D eigenvalue weighted by Crippen LogP contribution is 2.50. The molecule has 1 spiro atoms. The van der Waals surface area contributed by atoms with Gasteiger partial charge in [0.15, 0.2) is 0 Å². The van der Waals surface area contributed by atoms with Gasteiger partial charge in [-0.1, -0.05) is 30.3 Å². The van der Waals surface area contributed by atoms with E-state index in [2.05, 4.69) is 35.2 Å². The van der Waals surface area contributed by atoms with Crippen molar-refractivity contribution in [3.05, 3.63) is 35.9 Å². The van der Waals surface area contributed by atoms with Crippen LogP contribution in [0.3, 0.4) is 0 Å². The molecule has 29 heavy (non-hydrogen) atoms. The maximum atomic E-state index is 12.7. The molecule has 158 valence electrons. The SMILES string of the molecule is CC1=N[C@@]2(CC[C@@H]3CN(Cc4ccccc4)C[C@@H]32)C(=O)N1C.O=C(O)C(F)(F)F. The van der Waals surface area contributed by atoms with E-state index in [1.807, 2.05) is 14.0 Å². The fourth-order valence-electron chi connectivity index (χ4n) is 4.61. The Balaban J connectivity index is 0.000000298. The lowest BCUT2D eigenvalue weighted by Gasteiger charge is -2.27. The first-order valence-electron chi connectivity index (χ1n) is 9.45. The summed E-state index contributed by atoms with van der Waals surface area (Å²) in [6.07, 6.45) is -3.02. The summed E-state index contributed by atoms with van der Waals surface area (Å²) in [5.74, 6) is -0.641. The second kappa shape index (κ2) is 7.78. The first-order valence-corrected chi connectivity index (χ1v) is 9.45. The molecule has 1 saturated carbocycles. The number of rotatable bonds is 2. The van der Waals surface area contributed by atoms with Crippen molar-refractivity contribution >= 4 is 17.7 Å². The van der Waals surface area contributed by atoms with Crippen LogP contribution in [0.2, 0.25) is 0 Å². The van der Waals surface area contributed by atoms with E-state index in [1.54, 1.807) is 4.90 Å². The van der Waals surface area contributed by atoms with Crippen molar-refractivity contribution in [2.45, 2.75) is 38.0 Å². The van der Waals surface area contributed by atoms with Crippen molar-refractivity contribution in [1.82, 2.24) is 9.80 Å². The van der Waals surface area contributed by atoms with Crippen LogP contribution in [0.25, 0.3) is 0 Å². The van der Waals surface area contributed by atoms with Crippen LogP contribution in [0.5, 0.6) is 0 Å². The molecule has 1 aromatic carbocycles. The Morgan fingerprint density at radius 3 is 2.41 bits per heavy atom. The van der Waals surface area contributed by atoms with E-state index >= 15 is 0 Å². The van der Waals surface area contributed by atoms with E-state index in [0.29, 0.717) is 11.8 Å². The summed E-state index contributed by atoms with van der Waals surface area (Å²) in [5.41, 5.74) is 0.903. The van der Waals surface area contributed by atoms with E-state index in [9.17, 15) is 18.0 Å². The molecule has 9 heteroatoms. The largest absolute Gasteiger partial charge is 0.490 e. The van der Waals surface area contributed by atoms with Gasteiger partial charge in [-0.05, 0) is 31.2 Å². The predicted molar refractivity (Wildman–Crippen MR) is 100 cm³/mol. The monoisotopic (exact) mass is 411 g/mol. The number of halogens is 3. The number of amidine groups is 1. The van der Waals surface area contributed by atoms with Crippen molar-refractivity contribution in [3.8, 4) is 0 Å². The molecule has 1 aromatic rings. The van der Waals surface area contributed by atoms with E-state index in [0.717, 1.165) is 38.3 Å². The smallest absolute Gasteiger partial charge is 0.475 e. The Bertz CT molecular complexity index is 812. The van der Waals surface area contributed by atoms with Crippen LogP contribution in [0.15, 0.2) is 35.3 Å². The lowest BCUT2D eigenvalue weighted by atomic mass is 9.85. The summed E-state index contributed by atoms with van der Waals surface area (Å²) >= 11 is 0. The number of carboxylic acid groups (broad SMARTS) is 1. The molecule has 0 radical (unpaired) electrons. The second-order valence-corrected chi connectivity index (χ2v) is 7.84. The third-order valence-corrected chi connectivity index (χ3v) is 6.04. The molecule has 1 amide bonds. The highest BCUT2D eigenvalue weighted by Gasteiger charge is 2.59. The molecule has 2 aliphatic heterocycles. The quantitative estimate of drug-likeness (QED) is 0.812. The van der Waals surface area contributed by atoms with Crippen LogP contribution in [0.1, 0.15) is 25.3 Å². The molecule has 1 saturated heterocycles. The third kappa shape index (κ3) is 4.14. The van der Waals surface area contributed by atoms with Gasteiger partial charge in [0.2, 0.25) is 0 Å². The van der Waals surface area contributed by atoms with Crippen molar-refractivity contribution in [1.29, 1.82) is 0 Å². The molecule has 1 aliphatic carbocycles. The van der Waals surface area contributed by atoms with Crippen LogP contribution in [-0.2, 0) is 16.1 Å².